The van der Waals surface area contributed by atoms with Gasteiger partial charge in [0.1, 0.15) is 0 Å². The van der Waals surface area contributed by atoms with E-state index in [0.717, 1.165) is 142 Å². The van der Waals surface area contributed by atoms with Crippen LogP contribution in [0.25, 0.3) is 32.7 Å². The van der Waals surface area contributed by atoms with Crippen molar-refractivity contribution in [2.45, 2.75) is 128 Å². The molecule has 0 spiro atoms. The zero-order chi connectivity index (χ0) is 52.0. The lowest BCUT2D eigenvalue weighted by molar-refractivity contribution is 0.383. The van der Waals surface area contributed by atoms with Gasteiger partial charge in [0.15, 0.2) is 15.0 Å². The summed E-state index contributed by atoms with van der Waals surface area (Å²) >= 11 is 0. The third-order valence-corrected chi connectivity index (χ3v) is 36.0. The standard InChI is InChI=1S/C60H92N14P4/c1-3-27-55-53(25-1)29-31-57(61-75(65-33-5-6-34-65,66-35-7-8-36-66)63-77(69-41-13-14-42-69,70-43-15-16-44-70)71-45-17-18-46-71)59(55)60-56-28-4-2-26-54(56)30-32-58(60)62-76(67-37-9-10-38-67,68-39-11-12-40-68)64-78(72-47-19-20-48-72,73-49-21-22-50-73)74-51-23-24-52-74/h1-4,25-32H,5-24,33-52H2. The van der Waals surface area contributed by atoms with Gasteiger partial charge in [-0.1, -0.05) is 60.7 Å². The number of hydrogen-bond acceptors (Lipinski definition) is 2. The number of rotatable bonds is 15. The Kier molecular flexibility index (Phi) is 16.3. The molecule has 10 fully saturated rings. The zero-order valence-corrected chi connectivity index (χ0v) is 50.8. The van der Waals surface area contributed by atoms with Gasteiger partial charge >= 0.3 is 0 Å². The number of benzene rings is 4. The maximum Gasteiger partial charge on any atom is 0.218 e. The molecular formula is C60H92N14P4. The number of hydrogen-bond donors (Lipinski definition) is 0. The van der Waals surface area contributed by atoms with E-state index in [9.17, 15) is 0 Å². The van der Waals surface area contributed by atoms with Crippen LogP contribution in [0.2, 0.25) is 0 Å². The molecule has 4 aromatic rings. The summed E-state index contributed by atoms with van der Waals surface area (Å²) in [5.41, 5.74) is 4.76. The van der Waals surface area contributed by atoms with Crippen LogP contribution in [0.4, 0.5) is 11.4 Å². The maximum atomic E-state index is 6.99. The molecule has 78 heavy (non-hydrogen) atoms. The summed E-state index contributed by atoms with van der Waals surface area (Å²) in [6.07, 6.45) is 25.1. The van der Waals surface area contributed by atoms with E-state index in [-0.39, 0.29) is 0 Å². The lowest BCUT2D eigenvalue weighted by atomic mass is 9.91. The molecule has 10 heterocycles. The van der Waals surface area contributed by atoms with E-state index < -0.39 is 30.0 Å². The molecule has 10 aliphatic rings. The van der Waals surface area contributed by atoms with Gasteiger partial charge in [-0.3, -0.25) is 0 Å². The smallest absolute Gasteiger partial charge is 0.218 e. The predicted molar refractivity (Wildman–Crippen MR) is 332 cm³/mol. The summed E-state index contributed by atoms with van der Waals surface area (Å²) in [4.78, 5) is 0. The second kappa shape index (κ2) is 23.5. The lowest BCUT2D eigenvalue weighted by Crippen LogP contribution is -2.39. The van der Waals surface area contributed by atoms with Gasteiger partial charge in [0, 0.05) is 142 Å². The van der Waals surface area contributed by atoms with Gasteiger partial charge in [-0.2, -0.15) is 9.03 Å². The Morgan fingerprint density at radius 1 is 0.244 bits per heavy atom. The van der Waals surface area contributed by atoms with E-state index in [4.69, 9.17) is 18.5 Å². The van der Waals surface area contributed by atoms with Crippen LogP contribution in [0, 0.1) is 0 Å². The van der Waals surface area contributed by atoms with Gasteiger partial charge in [0.25, 0.3) is 0 Å². The molecule has 0 aromatic heterocycles. The van der Waals surface area contributed by atoms with Gasteiger partial charge in [0.05, 0.1) is 11.4 Å². The monoisotopic (exact) mass is 1130 g/mol. The van der Waals surface area contributed by atoms with Crippen molar-refractivity contribution < 1.29 is 0 Å². The van der Waals surface area contributed by atoms with E-state index in [2.05, 4.69) is 120 Å². The van der Waals surface area contributed by atoms with Gasteiger partial charge in [-0.05, 0) is 162 Å². The highest BCUT2D eigenvalue weighted by atomic mass is 31.2. The van der Waals surface area contributed by atoms with E-state index in [1.165, 1.54) is 161 Å². The van der Waals surface area contributed by atoms with Crippen LogP contribution in [0.5, 0.6) is 0 Å². The molecule has 0 atom stereocenters. The summed E-state index contributed by atoms with van der Waals surface area (Å²) in [5, 5.41) is 5.11. The summed E-state index contributed by atoms with van der Waals surface area (Å²) in [5.74, 6) is 0. The molecule has 0 amide bonds. The second-order valence-corrected chi connectivity index (χ2v) is 36.3. The molecule has 0 N–H and O–H groups in total. The van der Waals surface area contributed by atoms with Gasteiger partial charge in [0.2, 0.25) is 15.0 Å². The van der Waals surface area contributed by atoms with Crippen molar-refractivity contribution in [3.8, 4) is 11.1 Å². The van der Waals surface area contributed by atoms with Crippen LogP contribution in [0.3, 0.4) is 0 Å². The number of fused-ring (bicyclic) bond motifs is 2. The number of nitrogens with zero attached hydrogens (tertiary/aromatic N) is 14. The SMILES string of the molecule is c1ccc2c(-c3c(N=P(N=P(N4CCCC4)(N4CCCC4)N4CCCC4)(N4CCCC4)N4CCCC4)ccc4ccccc34)c(N=P(N=P(N3CCCC3)(N3CCCC3)N3CCCC3)(N3CCCC3)N3CCCC3)ccc2c1. The molecule has 0 unspecified atom stereocenters. The van der Waals surface area contributed by atoms with Crippen molar-refractivity contribution in [3.63, 3.8) is 0 Å². The minimum Gasteiger partial charge on any atom is -0.245 e. The molecule has 14 rings (SSSR count). The Bertz CT molecular complexity index is 2660. The van der Waals surface area contributed by atoms with Crippen molar-refractivity contribution in [1.82, 2.24) is 46.7 Å². The van der Waals surface area contributed by atoms with Gasteiger partial charge in [-0.15, -0.1) is 0 Å². The minimum atomic E-state index is -2.76. The fraction of sp³-hybridized carbons (Fsp3) is 0.667. The first-order valence-corrected chi connectivity index (χ1v) is 38.1. The zero-order valence-electron chi connectivity index (χ0n) is 47.3. The van der Waals surface area contributed by atoms with E-state index in [1.54, 1.807) is 0 Å². The molecule has 18 heteroatoms. The molecule has 10 aliphatic heterocycles. The molecule has 0 bridgehead atoms. The summed E-state index contributed by atoms with van der Waals surface area (Å²) in [6, 6.07) is 28.4. The van der Waals surface area contributed by atoms with Crippen molar-refractivity contribution in [3.05, 3.63) is 72.8 Å². The van der Waals surface area contributed by atoms with Crippen molar-refractivity contribution in [2.75, 3.05) is 131 Å². The lowest BCUT2D eigenvalue weighted by Gasteiger charge is -2.49. The Morgan fingerprint density at radius 3 is 0.705 bits per heavy atom. The van der Waals surface area contributed by atoms with Crippen molar-refractivity contribution >= 4 is 62.9 Å². The Balaban J connectivity index is 1.10. The first-order chi connectivity index (χ1) is 38.6. The highest BCUT2D eigenvalue weighted by Crippen LogP contribution is 2.77. The molecule has 0 radical (unpaired) electrons. The quantitative estimate of drug-likeness (QED) is 0.107. The largest absolute Gasteiger partial charge is 0.245 e. The highest BCUT2D eigenvalue weighted by Gasteiger charge is 2.51. The first kappa shape index (κ1) is 53.9. The Morgan fingerprint density at radius 2 is 0.462 bits per heavy atom. The average Bonchev–Trinajstić information content (AvgIpc) is 4.47. The second-order valence-electron chi connectivity index (χ2n) is 24.5. The fourth-order valence-corrected chi connectivity index (χ4v) is 35.7. The molecule has 422 valence electrons. The molecule has 10 saturated heterocycles. The molecule has 0 saturated carbocycles. The molecule has 4 aromatic carbocycles. The van der Waals surface area contributed by atoms with E-state index >= 15 is 0 Å². The third kappa shape index (κ3) is 9.64. The predicted octanol–water partition coefficient (Wildman–Crippen LogP) is 15.7. The van der Waals surface area contributed by atoms with Crippen LogP contribution >= 0.6 is 30.0 Å². The average molecular weight is 1130 g/mol. The molecule has 14 nitrogen and oxygen atoms in total. The van der Waals surface area contributed by atoms with Crippen LogP contribution in [-0.4, -0.2) is 178 Å². The normalized spacial score (nSPS) is 25.2. The van der Waals surface area contributed by atoms with Crippen LogP contribution in [0.15, 0.2) is 91.3 Å². The van der Waals surface area contributed by atoms with Crippen LogP contribution in [-0.2, 0) is 0 Å². The van der Waals surface area contributed by atoms with Gasteiger partial charge in [-0.25, -0.2) is 56.2 Å². The van der Waals surface area contributed by atoms with Crippen LogP contribution in [0.1, 0.15) is 128 Å². The summed E-state index contributed by atoms with van der Waals surface area (Å²) in [7, 11) is -10.2. The topological polar surface area (TPSA) is 81.8 Å². The van der Waals surface area contributed by atoms with Crippen molar-refractivity contribution in [2.24, 2.45) is 18.5 Å². The van der Waals surface area contributed by atoms with Gasteiger partial charge < -0.3 is 0 Å². The minimum absolute atomic E-state index is 1.07. The fourth-order valence-electron chi connectivity index (χ4n) is 15.8. The van der Waals surface area contributed by atoms with Crippen LogP contribution < -0.4 is 0 Å². The Labute approximate surface area is 469 Å². The molecule has 0 aliphatic carbocycles. The van der Waals surface area contributed by atoms with E-state index in [0.29, 0.717) is 0 Å². The highest BCUT2D eigenvalue weighted by molar-refractivity contribution is 7.72. The molecular weight excluding hydrogens is 1040 g/mol. The first-order valence-electron chi connectivity index (χ1n) is 31.7. The summed E-state index contributed by atoms with van der Waals surface area (Å²) in [6.45, 7) is 22.5. The maximum absolute atomic E-state index is 6.99. The Hall–Kier alpha value is -2.08. The van der Waals surface area contributed by atoms with E-state index in [1.807, 2.05) is 0 Å². The van der Waals surface area contributed by atoms with Crippen molar-refractivity contribution in [1.29, 1.82) is 0 Å². The summed E-state index contributed by atoms with van der Waals surface area (Å²) < 4.78 is 56.9. The third-order valence-electron chi connectivity index (χ3n) is 19.6.